The highest BCUT2D eigenvalue weighted by atomic mass is 32.2. The Bertz CT molecular complexity index is 1260. The van der Waals surface area contributed by atoms with Crippen LogP contribution in [0, 0.1) is 0 Å². The molecule has 0 N–H and O–H groups in total. The first-order chi connectivity index (χ1) is 16.5. The zero-order chi connectivity index (χ0) is 24.0. The minimum Gasteiger partial charge on any atom is -0.461 e. The van der Waals surface area contributed by atoms with Gasteiger partial charge in [-0.25, -0.2) is 13.4 Å². The topological polar surface area (TPSA) is 90.7 Å². The molecule has 9 heteroatoms. The Balaban J connectivity index is 1.41. The van der Waals surface area contributed by atoms with Crippen LogP contribution in [0.5, 0.6) is 0 Å². The van der Waals surface area contributed by atoms with E-state index in [4.69, 9.17) is 9.47 Å². The van der Waals surface area contributed by atoms with E-state index in [0.29, 0.717) is 44.8 Å². The van der Waals surface area contributed by atoms with Gasteiger partial charge in [0.15, 0.2) is 0 Å². The summed E-state index contributed by atoms with van der Waals surface area (Å²) in [6, 6.07) is 14.8. The number of ether oxygens (including phenoxy) is 2. The summed E-state index contributed by atoms with van der Waals surface area (Å²) in [5, 5.41) is 0. The van der Waals surface area contributed by atoms with Crippen molar-refractivity contribution in [1.29, 1.82) is 0 Å². The van der Waals surface area contributed by atoms with Gasteiger partial charge in [-0.1, -0.05) is 36.4 Å². The second-order valence-corrected chi connectivity index (χ2v) is 9.87. The predicted molar refractivity (Wildman–Crippen MR) is 130 cm³/mol. The molecule has 4 rings (SSSR count). The van der Waals surface area contributed by atoms with E-state index in [2.05, 4.69) is 4.98 Å². The number of hydrogen-bond donors (Lipinski definition) is 0. The van der Waals surface area contributed by atoms with Gasteiger partial charge in [0.1, 0.15) is 12.4 Å². The van der Waals surface area contributed by atoms with Crippen LogP contribution in [0.3, 0.4) is 0 Å². The first-order valence-corrected chi connectivity index (χ1v) is 12.9. The number of fused-ring (bicyclic) bond motifs is 1. The summed E-state index contributed by atoms with van der Waals surface area (Å²) >= 11 is 0. The van der Waals surface area contributed by atoms with E-state index in [0.717, 1.165) is 16.9 Å². The third kappa shape index (κ3) is 5.55. The predicted octanol–water partition coefficient (Wildman–Crippen LogP) is 3.27. The summed E-state index contributed by atoms with van der Waals surface area (Å²) in [4.78, 5) is 17.1. The van der Waals surface area contributed by atoms with Crippen LogP contribution < -0.4 is 0 Å². The molecular formula is C25H29N3O5S. The maximum Gasteiger partial charge on any atom is 0.306 e. The Morgan fingerprint density at radius 2 is 1.91 bits per heavy atom. The maximum atomic E-state index is 13.0. The quantitative estimate of drug-likeness (QED) is 0.434. The Morgan fingerprint density at radius 3 is 2.65 bits per heavy atom. The SMILES string of the molecule is CCn1c(CCC(=O)OC/C=C\c2ccccc2)nc2cc(S(=O)(=O)N3CCOCC3)ccc21. The van der Waals surface area contributed by atoms with E-state index in [-0.39, 0.29) is 23.9 Å². The number of imidazole rings is 1. The van der Waals surface area contributed by atoms with Crippen molar-refractivity contribution >= 4 is 33.1 Å². The number of esters is 1. The molecule has 0 radical (unpaired) electrons. The van der Waals surface area contributed by atoms with Crippen molar-refractivity contribution < 1.29 is 22.7 Å². The normalized spacial score (nSPS) is 15.2. The molecule has 1 fully saturated rings. The van der Waals surface area contributed by atoms with Crippen LogP contribution in [0.1, 0.15) is 24.7 Å². The average Bonchev–Trinajstić information content (AvgIpc) is 3.23. The summed E-state index contributed by atoms with van der Waals surface area (Å²) in [7, 11) is -3.60. The molecule has 8 nitrogen and oxygen atoms in total. The third-order valence-electron chi connectivity index (χ3n) is 5.73. The van der Waals surface area contributed by atoms with Crippen LogP contribution in [0.15, 0.2) is 59.5 Å². The van der Waals surface area contributed by atoms with E-state index < -0.39 is 10.0 Å². The Hall–Kier alpha value is -3.01. The van der Waals surface area contributed by atoms with Gasteiger partial charge in [-0.3, -0.25) is 4.79 Å². The molecule has 34 heavy (non-hydrogen) atoms. The highest BCUT2D eigenvalue weighted by Gasteiger charge is 2.27. The lowest BCUT2D eigenvalue weighted by Gasteiger charge is -2.26. The molecule has 0 spiro atoms. The van der Waals surface area contributed by atoms with E-state index in [1.807, 2.05) is 54.0 Å². The van der Waals surface area contributed by atoms with Crippen LogP contribution in [0.2, 0.25) is 0 Å². The molecule has 1 aromatic heterocycles. The fraction of sp³-hybridized carbons (Fsp3) is 0.360. The Morgan fingerprint density at radius 1 is 1.15 bits per heavy atom. The lowest BCUT2D eigenvalue weighted by molar-refractivity contribution is -0.142. The second kappa shape index (κ2) is 10.9. The molecule has 3 aromatic rings. The van der Waals surface area contributed by atoms with Crippen LogP contribution >= 0.6 is 0 Å². The molecule has 1 aliphatic rings. The number of sulfonamides is 1. The molecule has 0 unspecified atom stereocenters. The van der Waals surface area contributed by atoms with Gasteiger partial charge in [-0.05, 0) is 36.8 Å². The minimum atomic E-state index is -3.60. The monoisotopic (exact) mass is 483 g/mol. The number of aryl methyl sites for hydroxylation is 2. The summed E-state index contributed by atoms with van der Waals surface area (Å²) < 4.78 is 40.0. The number of aromatic nitrogens is 2. The van der Waals surface area contributed by atoms with E-state index in [9.17, 15) is 13.2 Å². The third-order valence-corrected chi connectivity index (χ3v) is 7.62. The van der Waals surface area contributed by atoms with Crippen molar-refractivity contribution in [2.24, 2.45) is 0 Å². The second-order valence-electron chi connectivity index (χ2n) is 7.94. The molecular weight excluding hydrogens is 454 g/mol. The van der Waals surface area contributed by atoms with Crippen LogP contribution in [-0.4, -0.2) is 61.2 Å². The number of hydrogen-bond acceptors (Lipinski definition) is 6. The van der Waals surface area contributed by atoms with Gasteiger partial charge in [0, 0.05) is 26.1 Å². The van der Waals surface area contributed by atoms with Crippen molar-refractivity contribution in [3.05, 3.63) is 66.0 Å². The van der Waals surface area contributed by atoms with E-state index in [1.165, 1.54) is 4.31 Å². The molecule has 1 aliphatic heterocycles. The fourth-order valence-electron chi connectivity index (χ4n) is 3.98. The largest absolute Gasteiger partial charge is 0.461 e. The smallest absolute Gasteiger partial charge is 0.306 e. The molecule has 0 saturated carbocycles. The van der Waals surface area contributed by atoms with E-state index in [1.54, 1.807) is 18.2 Å². The molecule has 0 aliphatic carbocycles. The summed E-state index contributed by atoms with van der Waals surface area (Å²) in [5.74, 6) is 0.429. The van der Waals surface area contributed by atoms with Gasteiger partial charge in [-0.15, -0.1) is 0 Å². The zero-order valence-electron chi connectivity index (χ0n) is 19.2. The van der Waals surface area contributed by atoms with Crippen LogP contribution in [0.25, 0.3) is 17.1 Å². The number of morpholine rings is 1. The molecule has 2 heterocycles. The zero-order valence-corrected chi connectivity index (χ0v) is 20.0. The van der Waals surface area contributed by atoms with E-state index >= 15 is 0 Å². The molecule has 1 saturated heterocycles. The Kier molecular flexibility index (Phi) is 7.77. The lowest BCUT2D eigenvalue weighted by atomic mass is 10.2. The molecule has 0 atom stereocenters. The summed E-state index contributed by atoms with van der Waals surface area (Å²) in [6.45, 7) is 4.35. The van der Waals surface area contributed by atoms with Gasteiger partial charge in [0.05, 0.1) is 35.6 Å². The summed E-state index contributed by atoms with van der Waals surface area (Å²) in [6.07, 6.45) is 4.33. The molecule has 2 aromatic carbocycles. The molecule has 180 valence electrons. The first kappa shape index (κ1) is 24.1. The lowest BCUT2D eigenvalue weighted by Crippen LogP contribution is -2.40. The summed E-state index contributed by atoms with van der Waals surface area (Å²) in [5.41, 5.74) is 2.49. The van der Waals surface area contributed by atoms with Crippen LogP contribution in [-0.2, 0) is 37.3 Å². The van der Waals surface area contributed by atoms with Gasteiger partial charge in [0.2, 0.25) is 10.0 Å². The number of rotatable bonds is 9. The van der Waals surface area contributed by atoms with Gasteiger partial charge < -0.3 is 14.0 Å². The van der Waals surface area contributed by atoms with Crippen molar-refractivity contribution in [3.63, 3.8) is 0 Å². The highest BCUT2D eigenvalue weighted by Crippen LogP contribution is 2.24. The maximum absolute atomic E-state index is 13.0. The molecule has 0 bridgehead atoms. The van der Waals surface area contributed by atoms with Gasteiger partial charge >= 0.3 is 5.97 Å². The number of carbonyl (C=O) groups excluding carboxylic acids is 1. The van der Waals surface area contributed by atoms with Crippen molar-refractivity contribution in [2.75, 3.05) is 32.9 Å². The minimum absolute atomic E-state index is 0.196. The highest BCUT2D eigenvalue weighted by molar-refractivity contribution is 7.89. The standard InChI is InChI=1S/C25H29N3O5S/c1-2-28-23-11-10-21(34(30,31)27-14-17-32-18-15-27)19-22(23)26-24(28)12-13-25(29)33-16-6-9-20-7-4-3-5-8-20/h3-11,19H,2,12-18H2,1H3/b9-6-. The van der Waals surface area contributed by atoms with Crippen molar-refractivity contribution in [1.82, 2.24) is 13.9 Å². The van der Waals surface area contributed by atoms with Crippen molar-refractivity contribution in [2.45, 2.75) is 31.2 Å². The van der Waals surface area contributed by atoms with Crippen LogP contribution in [0.4, 0.5) is 0 Å². The number of benzene rings is 2. The fourth-order valence-corrected chi connectivity index (χ4v) is 5.40. The van der Waals surface area contributed by atoms with Gasteiger partial charge in [-0.2, -0.15) is 4.31 Å². The average molecular weight is 484 g/mol. The number of carbonyl (C=O) groups is 1. The first-order valence-electron chi connectivity index (χ1n) is 11.4. The number of nitrogens with zero attached hydrogens (tertiary/aromatic N) is 3. The van der Waals surface area contributed by atoms with Crippen molar-refractivity contribution in [3.8, 4) is 0 Å². The molecule has 0 amide bonds. The van der Waals surface area contributed by atoms with Gasteiger partial charge in [0.25, 0.3) is 0 Å². The Labute approximate surface area is 199 Å².